The molecule has 0 heterocycles. The minimum absolute atomic E-state index is 0.598. The van der Waals surface area contributed by atoms with Crippen molar-refractivity contribution in [1.82, 2.24) is 0 Å². The molecule has 0 spiro atoms. The number of hydrogen-bond acceptors (Lipinski definition) is 0. The second-order valence-electron chi connectivity index (χ2n) is 5.64. The summed E-state index contributed by atoms with van der Waals surface area (Å²) in [7, 11) is 0. The third-order valence-electron chi connectivity index (χ3n) is 5.12. The average molecular weight is 245 g/mol. The van der Waals surface area contributed by atoms with Gasteiger partial charge in [0.15, 0.2) is 0 Å². The Morgan fingerprint density at radius 2 is 1.92 bits per heavy atom. The van der Waals surface area contributed by atoms with Gasteiger partial charge in [0.1, 0.15) is 0 Å². The van der Waals surface area contributed by atoms with Crippen molar-refractivity contribution in [2.75, 3.05) is 5.33 Å². The minimum Gasteiger partial charge on any atom is -0.0925 e. The summed E-state index contributed by atoms with van der Waals surface area (Å²) < 4.78 is 0. The molecule has 0 radical (unpaired) electrons. The van der Waals surface area contributed by atoms with Gasteiger partial charge in [0, 0.05) is 5.33 Å². The van der Waals surface area contributed by atoms with Crippen LogP contribution in [0.5, 0.6) is 0 Å². The molecule has 2 saturated carbocycles. The van der Waals surface area contributed by atoms with Crippen molar-refractivity contribution in [3.05, 3.63) is 0 Å². The van der Waals surface area contributed by atoms with Gasteiger partial charge in [-0.3, -0.25) is 0 Å². The highest BCUT2D eigenvalue weighted by atomic mass is 79.9. The highest BCUT2D eigenvalue weighted by Gasteiger charge is 2.74. The van der Waals surface area contributed by atoms with Crippen LogP contribution in [0.1, 0.15) is 40.5 Å². The zero-order valence-electron chi connectivity index (χ0n) is 9.23. The quantitative estimate of drug-likeness (QED) is 0.657. The summed E-state index contributed by atoms with van der Waals surface area (Å²) >= 11 is 3.68. The molecule has 4 atom stereocenters. The molecule has 0 N–H and O–H groups in total. The average Bonchev–Trinajstić information content (AvgIpc) is 2.87. The van der Waals surface area contributed by atoms with E-state index in [9.17, 15) is 0 Å². The smallest absolute Gasteiger partial charge is 0.00706 e. The van der Waals surface area contributed by atoms with E-state index in [-0.39, 0.29) is 0 Å². The van der Waals surface area contributed by atoms with E-state index in [1.54, 1.807) is 0 Å². The molecule has 4 unspecified atom stereocenters. The largest absolute Gasteiger partial charge is 0.0925 e. The Bertz CT molecular complexity index is 221. The number of rotatable bonds is 3. The topological polar surface area (TPSA) is 0 Å². The van der Waals surface area contributed by atoms with Crippen molar-refractivity contribution in [2.45, 2.75) is 40.5 Å². The van der Waals surface area contributed by atoms with Crippen LogP contribution in [0.15, 0.2) is 0 Å². The Morgan fingerprint density at radius 3 is 2.15 bits per heavy atom. The zero-order valence-corrected chi connectivity index (χ0v) is 10.8. The van der Waals surface area contributed by atoms with Crippen LogP contribution in [0.3, 0.4) is 0 Å². The van der Waals surface area contributed by atoms with Crippen LogP contribution in [-0.4, -0.2) is 5.33 Å². The van der Waals surface area contributed by atoms with Gasteiger partial charge in [0.25, 0.3) is 0 Å². The third-order valence-corrected chi connectivity index (χ3v) is 5.77. The summed E-state index contributed by atoms with van der Waals surface area (Å²) in [6, 6.07) is 0. The Balaban J connectivity index is 2.19. The molecule has 0 aromatic carbocycles. The molecule has 0 aromatic rings. The van der Waals surface area contributed by atoms with Crippen molar-refractivity contribution < 1.29 is 0 Å². The molecule has 1 heteroatoms. The van der Waals surface area contributed by atoms with Gasteiger partial charge in [0.2, 0.25) is 0 Å². The monoisotopic (exact) mass is 244 g/mol. The first-order valence-electron chi connectivity index (χ1n) is 5.58. The van der Waals surface area contributed by atoms with Gasteiger partial charge in [-0.2, -0.15) is 0 Å². The van der Waals surface area contributed by atoms with Crippen molar-refractivity contribution in [3.8, 4) is 0 Å². The standard InChI is InChI=1S/C12H21Br/c1-5-12(9-6-8(9)2)10(7-13)11(12,3)4/h8-10H,5-7H2,1-4H3. The maximum Gasteiger partial charge on any atom is 0.00706 e. The highest BCUT2D eigenvalue weighted by Crippen LogP contribution is 2.79. The van der Waals surface area contributed by atoms with Crippen LogP contribution < -0.4 is 0 Å². The lowest BCUT2D eigenvalue weighted by Gasteiger charge is -2.18. The third kappa shape index (κ3) is 1.03. The Hall–Kier alpha value is 0.480. The van der Waals surface area contributed by atoms with Crippen molar-refractivity contribution in [1.29, 1.82) is 0 Å². The molecule has 0 saturated heterocycles. The second-order valence-corrected chi connectivity index (χ2v) is 6.29. The number of hydrogen-bond donors (Lipinski definition) is 0. The van der Waals surface area contributed by atoms with Gasteiger partial charge >= 0.3 is 0 Å². The first-order valence-corrected chi connectivity index (χ1v) is 6.70. The van der Waals surface area contributed by atoms with Crippen LogP contribution in [0.2, 0.25) is 0 Å². The van der Waals surface area contributed by atoms with E-state index in [1.165, 1.54) is 18.2 Å². The predicted octanol–water partition coefficient (Wildman–Crippen LogP) is 4.09. The van der Waals surface area contributed by atoms with E-state index in [0.717, 1.165) is 17.8 Å². The molecule has 0 amide bonds. The van der Waals surface area contributed by atoms with Crippen LogP contribution in [0, 0.1) is 28.6 Å². The number of alkyl halides is 1. The summed E-state index contributed by atoms with van der Waals surface area (Å²) in [5.74, 6) is 2.97. The molecular formula is C12H21Br. The molecule has 2 aliphatic rings. The first kappa shape index (κ1) is 10.0. The van der Waals surface area contributed by atoms with E-state index < -0.39 is 0 Å². The normalized spacial score (nSPS) is 51.9. The van der Waals surface area contributed by atoms with E-state index in [0.29, 0.717) is 10.8 Å². The Kier molecular flexibility index (Phi) is 2.11. The molecular weight excluding hydrogens is 224 g/mol. The lowest BCUT2D eigenvalue weighted by molar-refractivity contribution is 0.305. The molecule has 0 aromatic heterocycles. The lowest BCUT2D eigenvalue weighted by atomic mass is 9.87. The molecule has 76 valence electrons. The minimum atomic E-state index is 0.598. The first-order chi connectivity index (χ1) is 6.02. The molecule has 13 heavy (non-hydrogen) atoms. The van der Waals surface area contributed by atoms with Crippen LogP contribution in [-0.2, 0) is 0 Å². The molecule has 0 bridgehead atoms. The van der Waals surface area contributed by atoms with E-state index >= 15 is 0 Å². The van der Waals surface area contributed by atoms with Crippen LogP contribution >= 0.6 is 15.9 Å². The fourth-order valence-electron chi connectivity index (χ4n) is 4.07. The van der Waals surface area contributed by atoms with Gasteiger partial charge in [-0.25, -0.2) is 0 Å². The van der Waals surface area contributed by atoms with Crippen molar-refractivity contribution >= 4 is 15.9 Å². The molecule has 2 fully saturated rings. The summed E-state index contributed by atoms with van der Waals surface area (Å²) in [4.78, 5) is 0. The predicted molar refractivity (Wildman–Crippen MR) is 61.1 cm³/mol. The maximum atomic E-state index is 3.68. The SMILES string of the molecule is CCC1(C2CC2C)C(CBr)C1(C)C. The fourth-order valence-corrected chi connectivity index (χ4v) is 5.46. The van der Waals surface area contributed by atoms with Gasteiger partial charge in [0.05, 0.1) is 0 Å². The lowest BCUT2D eigenvalue weighted by Crippen LogP contribution is -2.12. The Morgan fingerprint density at radius 1 is 1.38 bits per heavy atom. The van der Waals surface area contributed by atoms with E-state index in [2.05, 4.69) is 43.6 Å². The van der Waals surface area contributed by atoms with Gasteiger partial charge in [-0.15, -0.1) is 0 Å². The molecule has 2 rings (SSSR count). The Labute approximate surface area is 90.6 Å². The second kappa shape index (κ2) is 2.74. The summed E-state index contributed by atoms with van der Waals surface area (Å²) in [6.07, 6.45) is 2.87. The van der Waals surface area contributed by atoms with E-state index in [4.69, 9.17) is 0 Å². The molecule has 2 aliphatic carbocycles. The van der Waals surface area contributed by atoms with Crippen LogP contribution in [0.25, 0.3) is 0 Å². The van der Waals surface area contributed by atoms with Crippen molar-refractivity contribution in [2.24, 2.45) is 28.6 Å². The molecule has 0 aliphatic heterocycles. The fraction of sp³-hybridized carbons (Fsp3) is 1.00. The molecule has 0 nitrogen and oxygen atoms in total. The van der Waals surface area contributed by atoms with E-state index in [1.807, 2.05) is 0 Å². The van der Waals surface area contributed by atoms with Gasteiger partial charge in [-0.1, -0.05) is 43.6 Å². The number of halogens is 1. The summed E-state index contributed by atoms with van der Waals surface area (Å²) in [5.41, 5.74) is 1.29. The van der Waals surface area contributed by atoms with Gasteiger partial charge < -0.3 is 0 Å². The van der Waals surface area contributed by atoms with Crippen LogP contribution in [0.4, 0.5) is 0 Å². The summed E-state index contributed by atoms with van der Waals surface area (Å²) in [5, 5.41) is 1.21. The maximum absolute atomic E-state index is 3.68. The highest BCUT2D eigenvalue weighted by molar-refractivity contribution is 9.09. The van der Waals surface area contributed by atoms with Crippen molar-refractivity contribution in [3.63, 3.8) is 0 Å². The summed E-state index contributed by atoms with van der Waals surface area (Å²) in [6.45, 7) is 9.73. The van der Waals surface area contributed by atoms with Gasteiger partial charge in [-0.05, 0) is 41.4 Å². The zero-order chi connectivity index (χ0) is 9.85.